The molecular weight excluding hydrogens is 701 g/mol. The van der Waals surface area contributed by atoms with Gasteiger partial charge in [0, 0.05) is 66.3 Å². The molecule has 0 unspecified atom stereocenters. The van der Waals surface area contributed by atoms with E-state index in [0.717, 1.165) is 77.4 Å². The molecule has 0 N–H and O–H groups in total. The van der Waals surface area contributed by atoms with Gasteiger partial charge in [0.2, 0.25) is 0 Å². The van der Waals surface area contributed by atoms with Crippen LogP contribution in [0.5, 0.6) is 0 Å². The Hall–Kier alpha value is -7.83. The first-order chi connectivity index (χ1) is 28.2. The molecule has 0 radical (unpaired) electrons. The highest BCUT2D eigenvalue weighted by atomic mass is 16.3. The van der Waals surface area contributed by atoms with Crippen LogP contribution in [0.3, 0.4) is 0 Å². The van der Waals surface area contributed by atoms with Crippen molar-refractivity contribution in [2.24, 2.45) is 0 Å². The normalized spacial score (nSPS) is 11.9. The monoisotopic (exact) mass is 730 g/mol. The number of benzene rings is 8. The van der Waals surface area contributed by atoms with Crippen molar-refractivity contribution in [3.05, 3.63) is 182 Å². The zero-order chi connectivity index (χ0) is 37.5. The summed E-state index contributed by atoms with van der Waals surface area (Å²) >= 11 is 0. The number of hydrogen-bond acceptors (Lipinski definition) is 5. The van der Waals surface area contributed by atoms with Crippen LogP contribution < -0.4 is 0 Å². The minimum Gasteiger partial charge on any atom is -0.456 e. The maximum Gasteiger partial charge on any atom is 0.164 e. The van der Waals surface area contributed by atoms with Crippen molar-refractivity contribution in [3.8, 4) is 51.0 Å². The Morgan fingerprint density at radius 1 is 0.351 bits per heavy atom. The van der Waals surface area contributed by atoms with E-state index >= 15 is 0 Å². The summed E-state index contributed by atoms with van der Waals surface area (Å²) in [5.41, 5.74) is 11.5. The minimum atomic E-state index is 0.602. The molecule has 4 aromatic heterocycles. The summed E-state index contributed by atoms with van der Waals surface area (Å²) in [4.78, 5) is 14.8. The number of furan rings is 2. The molecule has 4 heterocycles. The van der Waals surface area contributed by atoms with Crippen molar-refractivity contribution in [1.29, 1.82) is 0 Å². The van der Waals surface area contributed by atoms with E-state index in [4.69, 9.17) is 23.8 Å². The fourth-order valence-electron chi connectivity index (χ4n) is 8.47. The molecule has 0 atom stereocenters. The van der Waals surface area contributed by atoms with Crippen molar-refractivity contribution < 1.29 is 8.83 Å². The number of fused-ring (bicyclic) bond motifs is 9. The molecule has 6 heteroatoms. The van der Waals surface area contributed by atoms with Gasteiger partial charge in [-0.2, -0.15) is 0 Å². The van der Waals surface area contributed by atoms with Crippen molar-refractivity contribution in [1.82, 2.24) is 19.5 Å². The summed E-state index contributed by atoms with van der Waals surface area (Å²) in [6.45, 7) is 0. The second kappa shape index (κ2) is 12.3. The quantitative estimate of drug-likeness (QED) is 0.176. The second-order valence-corrected chi connectivity index (χ2v) is 14.4. The van der Waals surface area contributed by atoms with Gasteiger partial charge in [0.1, 0.15) is 22.3 Å². The molecule has 266 valence electrons. The third-order valence-corrected chi connectivity index (χ3v) is 11.1. The average molecular weight is 731 g/mol. The van der Waals surface area contributed by atoms with Gasteiger partial charge in [-0.25, -0.2) is 15.0 Å². The van der Waals surface area contributed by atoms with Crippen molar-refractivity contribution in [3.63, 3.8) is 0 Å². The summed E-state index contributed by atoms with van der Waals surface area (Å²) in [5.74, 6) is 1.85. The van der Waals surface area contributed by atoms with Gasteiger partial charge in [-0.05, 0) is 54.1 Å². The van der Waals surface area contributed by atoms with E-state index in [2.05, 4.69) is 108 Å². The summed E-state index contributed by atoms with van der Waals surface area (Å²) in [6.07, 6.45) is 0. The van der Waals surface area contributed by atoms with Crippen LogP contribution in [0.15, 0.2) is 191 Å². The van der Waals surface area contributed by atoms with Crippen LogP contribution in [0.1, 0.15) is 0 Å². The molecule has 0 saturated carbocycles. The molecule has 0 saturated heterocycles. The van der Waals surface area contributed by atoms with E-state index in [1.807, 2.05) is 78.9 Å². The number of nitrogens with zero attached hydrogens (tertiary/aromatic N) is 4. The Kier molecular flexibility index (Phi) is 6.83. The molecule has 0 fully saturated rings. The highest BCUT2D eigenvalue weighted by molar-refractivity contribution is 6.18. The third kappa shape index (κ3) is 4.94. The third-order valence-electron chi connectivity index (χ3n) is 11.1. The van der Waals surface area contributed by atoms with Crippen molar-refractivity contribution in [2.75, 3.05) is 0 Å². The zero-order valence-electron chi connectivity index (χ0n) is 30.4. The van der Waals surface area contributed by atoms with Gasteiger partial charge in [-0.15, -0.1) is 0 Å². The lowest BCUT2D eigenvalue weighted by Gasteiger charge is -2.08. The standard InChI is InChI=1S/C51H30N4O2/c1-3-13-31(14-4-1)49-52-50(32-15-5-2-6-16-32)54-51(53-49)33-25-28-44-41(29-33)39-21-11-20-38(48(39)57-44)37-19-12-24-45-47(37)40-27-26-34(30-46(40)56-45)55-42-22-9-7-17-35(42)36-18-8-10-23-43(36)55/h1-30H. The number of rotatable bonds is 5. The highest BCUT2D eigenvalue weighted by Crippen LogP contribution is 2.43. The van der Waals surface area contributed by atoms with Crippen LogP contribution in [0.25, 0.3) is 117 Å². The van der Waals surface area contributed by atoms with Gasteiger partial charge in [-0.1, -0.05) is 127 Å². The van der Waals surface area contributed by atoms with Gasteiger partial charge in [0.25, 0.3) is 0 Å². The molecular formula is C51H30N4O2. The Morgan fingerprint density at radius 2 is 0.947 bits per heavy atom. The fraction of sp³-hybridized carbons (Fsp3) is 0. The van der Waals surface area contributed by atoms with E-state index in [0.29, 0.717) is 17.5 Å². The Morgan fingerprint density at radius 3 is 1.65 bits per heavy atom. The summed E-state index contributed by atoms with van der Waals surface area (Å²) < 4.78 is 15.7. The van der Waals surface area contributed by atoms with E-state index in [9.17, 15) is 0 Å². The van der Waals surface area contributed by atoms with Gasteiger partial charge in [0.15, 0.2) is 17.5 Å². The summed E-state index contributed by atoms with van der Waals surface area (Å²) in [6, 6.07) is 62.6. The first kappa shape index (κ1) is 31.5. The Balaban J connectivity index is 1.00. The smallest absolute Gasteiger partial charge is 0.164 e. The number of hydrogen-bond donors (Lipinski definition) is 0. The average Bonchev–Trinajstić information content (AvgIpc) is 3.96. The first-order valence-electron chi connectivity index (χ1n) is 19.0. The fourth-order valence-corrected chi connectivity index (χ4v) is 8.47. The van der Waals surface area contributed by atoms with Crippen LogP contribution in [0, 0.1) is 0 Å². The zero-order valence-corrected chi connectivity index (χ0v) is 30.4. The topological polar surface area (TPSA) is 69.9 Å². The van der Waals surface area contributed by atoms with E-state index < -0.39 is 0 Å². The first-order valence-corrected chi connectivity index (χ1v) is 19.0. The molecule has 12 rings (SSSR count). The predicted octanol–water partition coefficient (Wildman–Crippen LogP) is 13.4. The van der Waals surface area contributed by atoms with Crippen LogP contribution in [0.4, 0.5) is 0 Å². The van der Waals surface area contributed by atoms with Gasteiger partial charge >= 0.3 is 0 Å². The maximum absolute atomic E-state index is 6.72. The lowest BCUT2D eigenvalue weighted by Crippen LogP contribution is -2.00. The van der Waals surface area contributed by atoms with E-state index in [-0.39, 0.29) is 0 Å². The maximum atomic E-state index is 6.72. The van der Waals surface area contributed by atoms with Crippen LogP contribution in [-0.2, 0) is 0 Å². The van der Waals surface area contributed by atoms with Crippen LogP contribution in [-0.4, -0.2) is 19.5 Å². The van der Waals surface area contributed by atoms with Gasteiger partial charge in [0.05, 0.1) is 11.0 Å². The lowest BCUT2D eigenvalue weighted by atomic mass is 9.97. The van der Waals surface area contributed by atoms with E-state index in [1.54, 1.807) is 0 Å². The molecule has 0 spiro atoms. The van der Waals surface area contributed by atoms with Crippen LogP contribution >= 0.6 is 0 Å². The van der Waals surface area contributed by atoms with E-state index in [1.165, 1.54) is 21.8 Å². The van der Waals surface area contributed by atoms with Gasteiger partial charge < -0.3 is 13.4 Å². The predicted molar refractivity (Wildman–Crippen MR) is 230 cm³/mol. The number of para-hydroxylation sites is 3. The molecule has 0 aliphatic heterocycles. The number of aromatic nitrogens is 4. The van der Waals surface area contributed by atoms with Gasteiger partial charge in [-0.3, -0.25) is 0 Å². The summed E-state index contributed by atoms with van der Waals surface area (Å²) in [7, 11) is 0. The Bertz CT molecular complexity index is 3410. The molecule has 57 heavy (non-hydrogen) atoms. The minimum absolute atomic E-state index is 0.602. The molecule has 12 aromatic rings. The molecule has 0 bridgehead atoms. The van der Waals surface area contributed by atoms with Crippen molar-refractivity contribution >= 4 is 65.7 Å². The molecule has 8 aromatic carbocycles. The summed E-state index contributed by atoms with van der Waals surface area (Å²) in [5, 5.41) is 6.58. The highest BCUT2D eigenvalue weighted by Gasteiger charge is 2.20. The molecule has 0 aliphatic carbocycles. The Labute approximate surface area is 325 Å². The molecule has 0 aliphatic rings. The lowest BCUT2D eigenvalue weighted by molar-refractivity contribution is 0.668. The van der Waals surface area contributed by atoms with Crippen LogP contribution in [0.2, 0.25) is 0 Å². The largest absolute Gasteiger partial charge is 0.456 e. The molecule has 0 amide bonds. The van der Waals surface area contributed by atoms with Crippen molar-refractivity contribution in [2.45, 2.75) is 0 Å². The second-order valence-electron chi connectivity index (χ2n) is 14.4. The molecule has 6 nitrogen and oxygen atoms in total. The SMILES string of the molecule is c1ccc(-c2nc(-c3ccccc3)nc(-c3ccc4oc5c(-c6cccc7oc8cc(-n9c%10ccccc%10c%10ccccc%109)ccc8c67)cccc5c4c3)n2)cc1.